The number of likely N-dealkylation sites (N-methyl/N-ethyl adjacent to an activating group) is 1. The molecule has 0 amide bonds. The van der Waals surface area contributed by atoms with Crippen LogP contribution < -0.4 is 21.1 Å². The average molecular weight is 365 g/mol. The Kier molecular flexibility index (Phi) is 6.11. The minimum absolute atomic E-state index is 0.452. The van der Waals surface area contributed by atoms with Crippen molar-refractivity contribution in [2.45, 2.75) is 19.8 Å². The van der Waals surface area contributed by atoms with E-state index in [2.05, 4.69) is 58.8 Å². The maximum absolute atomic E-state index is 6.05. The van der Waals surface area contributed by atoms with Crippen molar-refractivity contribution in [3.05, 3.63) is 71.4 Å². The smallest absolute Gasteiger partial charge is 0.173 e. The number of benzene rings is 2. The van der Waals surface area contributed by atoms with Crippen molar-refractivity contribution in [3.8, 4) is 5.75 Å². The molecule has 0 spiro atoms. The fraction of sp³-hybridized carbons (Fsp3) is 0.286. The molecule has 142 valence electrons. The number of anilines is 1. The number of ether oxygens (including phenoxy) is 1. The van der Waals surface area contributed by atoms with Crippen LogP contribution in [0.1, 0.15) is 11.1 Å². The molecule has 0 saturated carbocycles. The quantitative estimate of drug-likeness (QED) is 0.734. The van der Waals surface area contributed by atoms with Crippen molar-refractivity contribution in [2.75, 3.05) is 26.0 Å². The third kappa shape index (κ3) is 5.57. The molecule has 6 nitrogen and oxygen atoms in total. The zero-order chi connectivity index (χ0) is 19.2. The molecule has 1 unspecified atom stereocenters. The number of rotatable bonds is 6. The highest BCUT2D eigenvalue weighted by Crippen LogP contribution is 2.14. The van der Waals surface area contributed by atoms with E-state index in [0.717, 1.165) is 36.1 Å². The Morgan fingerprint density at radius 1 is 1.19 bits per heavy atom. The van der Waals surface area contributed by atoms with E-state index in [9.17, 15) is 0 Å². The second-order valence-corrected chi connectivity index (χ2v) is 6.79. The zero-order valence-corrected chi connectivity index (χ0v) is 16.1. The standard InChI is InChI=1S/C21H27N5O/c1-15-5-4-6-17(11-15)23-20-12-18(24-21(22)25-20)14-26(2)13-16-7-9-19(27-3)10-8-16/h4-12,21,24H,13-14,22H2,1-3H3,(H,23,25). The van der Waals surface area contributed by atoms with Gasteiger partial charge in [-0.25, -0.2) is 4.99 Å². The van der Waals surface area contributed by atoms with Crippen LogP contribution in [0.25, 0.3) is 0 Å². The molecule has 3 rings (SSSR count). The predicted molar refractivity (Wildman–Crippen MR) is 111 cm³/mol. The van der Waals surface area contributed by atoms with Crippen molar-refractivity contribution >= 4 is 11.5 Å². The van der Waals surface area contributed by atoms with Crippen molar-refractivity contribution in [1.82, 2.24) is 10.2 Å². The summed E-state index contributed by atoms with van der Waals surface area (Å²) in [6.45, 7) is 3.64. The fourth-order valence-corrected chi connectivity index (χ4v) is 3.04. The first-order valence-electron chi connectivity index (χ1n) is 8.97. The van der Waals surface area contributed by atoms with E-state index < -0.39 is 6.29 Å². The molecular weight excluding hydrogens is 338 g/mol. The number of hydrogen-bond acceptors (Lipinski definition) is 6. The molecule has 2 aromatic rings. The third-order valence-electron chi connectivity index (χ3n) is 4.26. The summed E-state index contributed by atoms with van der Waals surface area (Å²) < 4.78 is 5.21. The number of nitrogens with one attached hydrogen (secondary N) is 2. The van der Waals surface area contributed by atoms with Gasteiger partial charge < -0.3 is 15.4 Å². The van der Waals surface area contributed by atoms with Gasteiger partial charge in [0, 0.05) is 30.5 Å². The van der Waals surface area contributed by atoms with Gasteiger partial charge in [0.05, 0.1) is 7.11 Å². The first kappa shape index (κ1) is 18.9. The molecule has 0 aliphatic carbocycles. The molecule has 0 aromatic heterocycles. The lowest BCUT2D eigenvalue weighted by Crippen LogP contribution is -2.42. The van der Waals surface area contributed by atoms with Crippen LogP contribution >= 0.6 is 0 Å². The molecule has 1 heterocycles. The minimum Gasteiger partial charge on any atom is -0.497 e. The lowest BCUT2D eigenvalue weighted by atomic mass is 10.2. The maximum Gasteiger partial charge on any atom is 0.173 e. The number of hydrogen-bond donors (Lipinski definition) is 3. The molecular formula is C21H27N5O. The van der Waals surface area contributed by atoms with Crippen molar-refractivity contribution < 1.29 is 4.74 Å². The summed E-state index contributed by atoms with van der Waals surface area (Å²) in [5, 5.41) is 6.57. The van der Waals surface area contributed by atoms with E-state index in [0.29, 0.717) is 0 Å². The molecule has 0 fully saturated rings. The SMILES string of the molecule is COc1ccc(CN(C)CC2=CC(Nc3cccc(C)c3)=NC(N)N2)cc1. The van der Waals surface area contributed by atoms with Gasteiger partial charge in [-0.15, -0.1) is 0 Å². The van der Waals surface area contributed by atoms with E-state index in [1.807, 2.05) is 30.3 Å². The molecule has 6 heteroatoms. The molecule has 1 aliphatic rings. The van der Waals surface area contributed by atoms with Crippen LogP contribution in [0.2, 0.25) is 0 Å². The minimum atomic E-state index is -0.452. The van der Waals surface area contributed by atoms with E-state index in [1.165, 1.54) is 11.1 Å². The molecule has 1 atom stereocenters. The summed E-state index contributed by atoms with van der Waals surface area (Å²) in [6, 6.07) is 16.3. The molecule has 0 radical (unpaired) electrons. The number of amidine groups is 1. The summed E-state index contributed by atoms with van der Waals surface area (Å²) in [6.07, 6.45) is 1.56. The van der Waals surface area contributed by atoms with Crippen molar-refractivity contribution in [2.24, 2.45) is 10.7 Å². The summed E-state index contributed by atoms with van der Waals surface area (Å²) in [5.74, 6) is 1.63. The molecule has 0 bridgehead atoms. The third-order valence-corrected chi connectivity index (χ3v) is 4.26. The highest BCUT2D eigenvalue weighted by Gasteiger charge is 2.14. The van der Waals surface area contributed by atoms with Crippen LogP contribution in [0.5, 0.6) is 5.75 Å². The summed E-state index contributed by atoms with van der Waals surface area (Å²) in [5.41, 5.74) is 10.5. The Morgan fingerprint density at radius 3 is 2.67 bits per heavy atom. The zero-order valence-electron chi connectivity index (χ0n) is 16.1. The molecule has 27 heavy (non-hydrogen) atoms. The van der Waals surface area contributed by atoms with Crippen LogP contribution in [-0.4, -0.2) is 37.7 Å². The van der Waals surface area contributed by atoms with Crippen LogP contribution in [0, 0.1) is 6.92 Å². The van der Waals surface area contributed by atoms with Gasteiger partial charge in [0.1, 0.15) is 11.6 Å². The van der Waals surface area contributed by atoms with Crippen LogP contribution in [0.3, 0.4) is 0 Å². The van der Waals surface area contributed by atoms with E-state index in [4.69, 9.17) is 10.5 Å². The fourth-order valence-electron chi connectivity index (χ4n) is 3.04. The highest BCUT2D eigenvalue weighted by molar-refractivity contribution is 6.04. The van der Waals surface area contributed by atoms with Gasteiger partial charge in [0.2, 0.25) is 0 Å². The van der Waals surface area contributed by atoms with E-state index in [1.54, 1.807) is 7.11 Å². The summed E-state index contributed by atoms with van der Waals surface area (Å²) in [7, 11) is 3.76. The summed E-state index contributed by atoms with van der Waals surface area (Å²) >= 11 is 0. The Hall–Kier alpha value is -2.83. The monoisotopic (exact) mass is 365 g/mol. The van der Waals surface area contributed by atoms with Gasteiger partial charge in [-0.1, -0.05) is 24.3 Å². The Labute approximate surface area is 160 Å². The first-order chi connectivity index (χ1) is 13.0. The number of aryl methyl sites for hydroxylation is 1. The summed E-state index contributed by atoms with van der Waals surface area (Å²) in [4.78, 5) is 6.66. The molecule has 2 aromatic carbocycles. The number of nitrogens with zero attached hydrogens (tertiary/aromatic N) is 2. The maximum atomic E-state index is 6.05. The van der Waals surface area contributed by atoms with E-state index >= 15 is 0 Å². The van der Waals surface area contributed by atoms with Gasteiger partial charge in [-0.2, -0.15) is 0 Å². The van der Waals surface area contributed by atoms with Crippen LogP contribution in [0.4, 0.5) is 5.69 Å². The lowest BCUT2D eigenvalue weighted by molar-refractivity contribution is 0.342. The predicted octanol–water partition coefficient (Wildman–Crippen LogP) is 2.68. The second-order valence-electron chi connectivity index (χ2n) is 6.79. The second kappa shape index (κ2) is 8.70. The topological polar surface area (TPSA) is 74.9 Å². The Balaban J connectivity index is 1.62. The van der Waals surface area contributed by atoms with Crippen LogP contribution in [-0.2, 0) is 6.54 Å². The number of aliphatic imine (C=N–C) groups is 1. The van der Waals surface area contributed by atoms with Gasteiger partial charge in [0.15, 0.2) is 6.29 Å². The Morgan fingerprint density at radius 2 is 1.96 bits per heavy atom. The molecule has 4 N–H and O–H groups in total. The Bertz CT molecular complexity index is 829. The van der Waals surface area contributed by atoms with Crippen molar-refractivity contribution in [1.29, 1.82) is 0 Å². The number of methoxy groups -OCH3 is 1. The van der Waals surface area contributed by atoms with Gasteiger partial charge in [0.25, 0.3) is 0 Å². The molecule has 0 saturated heterocycles. The first-order valence-corrected chi connectivity index (χ1v) is 8.97. The normalized spacial score (nSPS) is 16.4. The average Bonchev–Trinajstić information content (AvgIpc) is 2.61. The largest absolute Gasteiger partial charge is 0.497 e. The number of nitrogens with two attached hydrogens (primary N) is 1. The van der Waals surface area contributed by atoms with Crippen molar-refractivity contribution in [3.63, 3.8) is 0 Å². The van der Waals surface area contributed by atoms with Crippen LogP contribution in [0.15, 0.2) is 65.3 Å². The van der Waals surface area contributed by atoms with Gasteiger partial charge >= 0.3 is 0 Å². The highest BCUT2D eigenvalue weighted by atomic mass is 16.5. The molecule has 1 aliphatic heterocycles. The van der Waals surface area contributed by atoms with Gasteiger partial charge in [-0.05, 0) is 49.4 Å². The van der Waals surface area contributed by atoms with Gasteiger partial charge in [-0.3, -0.25) is 10.6 Å². The lowest BCUT2D eigenvalue weighted by Gasteiger charge is -2.25. The van der Waals surface area contributed by atoms with E-state index in [-0.39, 0.29) is 0 Å².